The second kappa shape index (κ2) is 5.72. The molecule has 102 valence electrons. The Labute approximate surface area is 117 Å². The van der Waals surface area contributed by atoms with Crippen LogP contribution in [-0.4, -0.2) is 17.1 Å². The minimum atomic E-state index is -0.317. The van der Waals surface area contributed by atoms with E-state index in [9.17, 15) is 4.39 Å². The van der Waals surface area contributed by atoms with Crippen LogP contribution in [0.25, 0.3) is 0 Å². The summed E-state index contributed by atoms with van der Waals surface area (Å²) in [4.78, 5) is 2.09. The van der Waals surface area contributed by atoms with Gasteiger partial charge in [-0.3, -0.25) is 4.90 Å². The molecule has 0 atom stereocenters. The maximum absolute atomic E-state index is 13.0. The van der Waals surface area contributed by atoms with Crippen molar-refractivity contribution in [2.24, 2.45) is 0 Å². The van der Waals surface area contributed by atoms with Crippen LogP contribution in [0.4, 0.5) is 4.39 Å². The fourth-order valence-corrected chi connectivity index (χ4v) is 2.22. The van der Waals surface area contributed by atoms with E-state index in [4.69, 9.17) is 16.1 Å². The molecule has 0 aliphatic carbocycles. The molecule has 0 bridgehead atoms. The summed E-state index contributed by atoms with van der Waals surface area (Å²) in [5.74, 6) is 0.511. The molecule has 2 aromatic rings. The van der Waals surface area contributed by atoms with Crippen molar-refractivity contribution in [2.45, 2.75) is 26.9 Å². The van der Waals surface area contributed by atoms with Crippen LogP contribution >= 0.6 is 11.6 Å². The zero-order chi connectivity index (χ0) is 14.0. The third-order valence-corrected chi connectivity index (χ3v) is 3.42. The van der Waals surface area contributed by atoms with Crippen LogP contribution in [-0.2, 0) is 13.1 Å². The zero-order valence-electron chi connectivity index (χ0n) is 11.2. The zero-order valence-corrected chi connectivity index (χ0v) is 12.0. The number of halogens is 2. The molecule has 0 fully saturated rings. The van der Waals surface area contributed by atoms with Crippen LogP contribution in [0.1, 0.15) is 22.6 Å². The smallest absolute Gasteiger partial charge is 0.138 e. The molecule has 0 N–H and O–H groups in total. The Morgan fingerprint density at radius 2 is 2.05 bits per heavy atom. The third-order valence-electron chi connectivity index (χ3n) is 3.06. The topological polar surface area (TPSA) is 29.3 Å². The van der Waals surface area contributed by atoms with Crippen LogP contribution in [0, 0.1) is 19.7 Å². The largest absolute Gasteiger partial charge is 0.361 e. The van der Waals surface area contributed by atoms with Crippen molar-refractivity contribution < 1.29 is 8.91 Å². The van der Waals surface area contributed by atoms with E-state index in [2.05, 4.69) is 10.1 Å². The molecule has 0 amide bonds. The maximum Gasteiger partial charge on any atom is 0.138 e. The number of hydrogen-bond acceptors (Lipinski definition) is 3. The summed E-state index contributed by atoms with van der Waals surface area (Å²) in [5.41, 5.74) is 2.88. The fraction of sp³-hybridized carbons (Fsp3) is 0.357. The Bertz CT molecular complexity index is 563. The summed E-state index contributed by atoms with van der Waals surface area (Å²) in [6, 6.07) is 4.47. The molecule has 0 unspecified atom stereocenters. The Hall–Kier alpha value is -1.39. The van der Waals surface area contributed by atoms with E-state index in [0.29, 0.717) is 11.6 Å². The second-order valence-electron chi connectivity index (χ2n) is 4.71. The maximum atomic E-state index is 13.0. The van der Waals surface area contributed by atoms with Gasteiger partial charge in [0, 0.05) is 23.7 Å². The molecule has 0 aliphatic heterocycles. The molecule has 0 saturated carbocycles. The molecule has 2 rings (SSSR count). The lowest BCUT2D eigenvalue weighted by Gasteiger charge is -2.17. The molecule has 1 aromatic heterocycles. The summed E-state index contributed by atoms with van der Waals surface area (Å²) in [7, 11) is 1.98. The second-order valence-corrected chi connectivity index (χ2v) is 5.12. The summed E-state index contributed by atoms with van der Waals surface area (Å²) in [6.07, 6.45) is 0. The van der Waals surface area contributed by atoms with Gasteiger partial charge in [0.15, 0.2) is 0 Å². The number of nitrogens with zero attached hydrogens (tertiary/aromatic N) is 2. The first-order valence-electron chi connectivity index (χ1n) is 6.01. The highest BCUT2D eigenvalue weighted by molar-refractivity contribution is 6.31. The number of rotatable bonds is 4. The van der Waals surface area contributed by atoms with Crippen LogP contribution in [0.2, 0.25) is 5.02 Å². The highest BCUT2D eigenvalue weighted by Gasteiger charge is 2.12. The summed E-state index contributed by atoms with van der Waals surface area (Å²) >= 11 is 6.02. The van der Waals surface area contributed by atoms with Gasteiger partial charge in [-0.1, -0.05) is 22.8 Å². The van der Waals surface area contributed by atoms with E-state index in [0.717, 1.165) is 29.1 Å². The molecule has 0 saturated heterocycles. The Balaban J connectivity index is 2.07. The van der Waals surface area contributed by atoms with E-state index in [1.807, 2.05) is 20.9 Å². The van der Waals surface area contributed by atoms with Crippen molar-refractivity contribution in [1.82, 2.24) is 10.1 Å². The first kappa shape index (κ1) is 14.0. The van der Waals surface area contributed by atoms with E-state index in [1.54, 1.807) is 6.07 Å². The average molecular weight is 283 g/mol. The Morgan fingerprint density at radius 3 is 2.63 bits per heavy atom. The van der Waals surface area contributed by atoms with Crippen molar-refractivity contribution in [3.63, 3.8) is 0 Å². The van der Waals surface area contributed by atoms with Gasteiger partial charge in [0.1, 0.15) is 11.6 Å². The van der Waals surface area contributed by atoms with Gasteiger partial charge < -0.3 is 4.52 Å². The third kappa shape index (κ3) is 3.33. The monoisotopic (exact) mass is 282 g/mol. The molecule has 5 heteroatoms. The first-order valence-corrected chi connectivity index (χ1v) is 6.39. The molecule has 3 nitrogen and oxygen atoms in total. The number of aryl methyl sites for hydroxylation is 2. The van der Waals surface area contributed by atoms with E-state index in [1.165, 1.54) is 12.1 Å². The molecule has 1 heterocycles. The van der Waals surface area contributed by atoms with Crippen molar-refractivity contribution >= 4 is 11.6 Å². The number of aromatic nitrogens is 1. The molecular weight excluding hydrogens is 267 g/mol. The van der Waals surface area contributed by atoms with Gasteiger partial charge in [-0.15, -0.1) is 0 Å². The first-order chi connectivity index (χ1) is 8.97. The van der Waals surface area contributed by atoms with Crippen molar-refractivity contribution in [2.75, 3.05) is 7.05 Å². The summed E-state index contributed by atoms with van der Waals surface area (Å²) < 4.78 is 18.1. The quantitative estimate of drug-likeness (QED) is 0.856. The lowest BCUT2D eigenvalue weighted by molar-refractivity contribution is 0.315. The van der Waals surface area contributed by atoms with E-state index >= 15 is 0 Å². The van der Waals surface area contributed by atoms with Crippen LogP contribution in [0.5, 0.6) is 0 Å². The minimum absolute atomic E-state index is 0.317. The molecular formula is C14H16ClFN2O. The van der Waals surface area contributed by atoms with Gasteiger partial charge in [0.25, 0.3) is 0 Å². The lowest BCUT2D eigenvalue weighted by Crippen LogP contribution is -2.18. The fourth-order valence-electron chi connectivity index (χ4n) is 1.99. The van der Waals surface area contributed by atoms with Crippen molar-refractivity contribution in [3.8, 4) is 0 Å². The highest BCUT2D eigenvalue weighted by Crippen LogP contribution is 2.20. The Kier molecular flexibility index (Phi) is 4.22. The predicted molar refractivity (Wildman–Crippen MR) is 72.6 cm³/mol. The van der Waals surface area contributed by atoms with Crippen molar-refractivity contribution in [3.05, 3.63) is 51.6 Å². The number of benzene rings is 1. The predicted octanol–water partition coefficient (Wildman–Crippen LogP) is 3.72. The van der Waals surface area contributed by atoms with Crippen LogP contribution in [0.3, 0.4) is 0 Å². The average Bonchev–Trinajstić information content (AvgIpc) is 2.65. The van der Waals surface area contributed by atoms with Gasteiger partial charge in [-0.25, -0.2) is 4.39 Å². The molecule has 0 radical (unpaired) electrons. The Morgan fingerprint density at radius 1 is 1.32 bits per heavy atom. The molecule has 1 aromatic carbocycles. The lowest BCUT2D eigenvalue weighted by atomic mass is 10.1. The highest BCUT2D eigenvalue weighted by atomic mass is 35.5. The van der Waals surface area contributed by atoms with Crippen LogP contribution in [0.15, 0.2) is 22.7 Å². The van der Waals surface area contributed by atoms with Gasteiger partial charge >= 0.3 is 0 Å². The summed E-state index contributed by atoms with van der Waals surface area (Å²) in [5, 5.41) is 4.38. The number of hydrogen-bond donors (Lipinski definition) is 0. The van der Waals surface area contributed by atoms with Gasteiger partial charge in [0.2, 0.25) is 0 Å². The SMILES string of the molecule is Cc1noc(C)c1CN(C)Cc1ccc(F)cc1Cl. The van der Waals surface area contributed by atoms with E-state index < -0.39 is 0 Å². The summed E-state index contributed by atoms with van der Waals surface area (Å²) in [6.45, 7) is 5.18. The molecule has 19 heavy (non-hydrogen) atoms. The minimum Gasteiger partial charge on any atom is -0.361 e. The van der Waals surface area contributed by atoms with Crippen LogP contribution < -0.4 is 0 Å². The molecule has 0 aliphatic rings. The van der Waals surface area contributed by atoms with Crippen molar-refractivity contribution in [1.29, 1.82) is 0 Å². The van der Waals surface area contributed by atoms with E-state index in [-0.39, 0.29) is 5.82 Å². The van der Waals surface area contributed by atoms with Gasteiger partial charge in [-0.2, -0.15) is 0 Å². The van der Waals surface area contributed by atoms with Gasteiger partial charge in [0.05, 0.1) is 5.69 Å². The molecule has 0 spiro atoms. The normalized spacial score (nSPS) is 11.3. The standard InChI is InChI=1S/C14H16ClFN2O/c1-9-13(10(2)19-17-9)8-18(3)7-11-4-5-12(16)6-14(11)15/h4-6H,7-8H2,1-3H3. The van der Waals surface area contributed by atoms with Gasteiger partial charge in [-0.05, 0) is 38.6 Å².